The molecule has 1 saturated heterocycles. The van der Waals surface area contributed by atoms with Crippen LogP contribution in [-0.2, 0) is 11.3 Å². The Hall–Kier alpha value is -2.60. The van der Waals surface area contributed by atoms with Gasteiger partial charge >= 0.3 is 0 Å². The molecule has 3 rings (SSSR count). The van der Waals surface area contributed by atoms with E-state index < -0.39 is 0 Å². The summed E-state index contributed by atoms with van der Waals surface area (Å²) in [6.45, 7) is 1.28. The van der Waals surface area contributed by atoms with Crippen LogP contribution in [0.3, 0.4) is 0 Å². The average Bonchev–Trinajstić information content (AvgIpc) is 3.14. The molecule has 0 radical (unpaired) electrons. The lowest BCUT2D eigenvalue weighted by atomic mass is 10.0. The first-order valence-electron chi connectivity index (χ1n) is 9.08. The highest BCUT2D eigenvalue weighted by Crippen LogP contribution is 2.38. The van der Waals surface area contributed by atoms with Gasteiger partial charge in [-0.1, -0.05) is 18.2 Å². The van der Waals surface area contributed by atoms with E-state index in [1.54, 1.807) is 32.4 Å². The van der Waals surface area contributed by atoms with Gasteiger partial charge in [0.25, 0.3) is 0 Å². The Kier molecular flexibility index (Phi) is 6.29. The van der Waals surface area contributed by atoms with E-state index in [-0.39, 0.29) is 30.9 Å². The van der Waals surface area contributed by atoms with Crippen LogP contribution in [0, 0.1) is 5.82 Å². The fraction of sp³-hybridized carbons (Fsp3) is 0.381. The molecule has 0 aliphatic carbocycles. The summed E-state index contributed by atoms with van der Waals surface area (Å²) in [7, 11) is 3.28. The fourth-order valence-electron chi connectivity index (χ4n) is 3.54. The number of halogens is 1. The van der Waals surface area contributed by atoms with Crippen molar-refractivity contribution >= 4 is 5.91 Å². The molecule has 2 aromatic rings. The number of rotatable bonds is 7. The number of nitrogens with one attached hydrogen (secondary N) is 1. The molecule has 1 amide bonds. The second-order valence-corrected chi connectivity index (χ2v) is 6.60. The number of nitrogens with zero attached hydrogens (tertiary/aromatic N) is 1. The largest absolute Gasteiger partial charge is 0.497 e. The van der Waals surface area contributed by atoms with Crippen LogP contribution < -0.4 is 14.8 Å². The van der Waals surface area contributed by atoms with Crippen molar-refractivity contribution in [2.75, 3.05) is 27.3 Å². The number of benzene rings is 2. The number of carbonyl (C=O) groups is 1. The quantitative estimate of drug-likeness (QED) is 0.810. The molecule has 1 fully saturated rings. The highest BCUT2D eigenvalue weighted by molar-refractivity contribution is 5.78. The van der Waals surface area contributed by atoms with Crippen molar-refractivity contribution in [1.29, 1.82) is 0 Å². The molecular weight excluding hydrogens is 347 g/mol. The molecule has 0 spiro atoms. The summed E-state index contributed by atoms with van der Waals surface area (Å²) < 4.78 is 24.5. The smallest absolute Gasteiger partial charge is 0.234 e. The lowest BCUT2D eigenvalue weighted by Gasteiger charge is -2.26. The fourth-order valence-corrected chi connectivity index (χ4v) is 3.54. The number of ether oxygens (including phenoxy) is 2. The van der Waals surface area contributed by atoms with Crippen molar-refractivity contribution in [3.05, 3.63) is 59.4 Å². The number of hydrogen-bond donors (Lipinski definition) is 1. The van der Waals surface area contributed by atoms with E-state index in [0.29, 0.717) is 5.56 Å². The van der Waals surface area contributed by atoms with E-state index in [0.717, 1.165) is 36.4 Å². The molecule has 0 unspecified atom stereocenters. The van der Waals surface area contributed by atoms with Crippen LogP contribution in [0.1, 0.15) is 30.0 Å². The molecule has 1 atom stereocenters. The maximum atomic E-state index is 13.7. The first-order valence-corrected chi connectivity index (χ1v) is 9.08. The summed E-state index contributed by atoms with van der Waals surface area (Å²) in [5.41, 5.74) is 1.51. The molecule has 2 aromatic carbocycles. The summed E-state index contributed by atoms with van der Waals surface area (Å²) in [5, 5.41) is 2.81. The van der Waals surface area contributed by atoms with Crippen LogP contribution in [0.5, 0.6) is 11.5 Å². The first-order chi connectivity index (χ1) is 13.1. The summed E-state index contributed by atoms with van der Waals surface area (Å²) in [4.78, 5) is 14.5. The van der Waals surface area contributed by atoms with Crippen LogP contribution in [0.4, 0.5) is 4.39 Å². The zero-order chi connectivity index (χ0) is 19.2. The summed E-state index contributed by atoms with van der Waals surface area (Å²) in [6.07, 6.45) is 1.95. The van der Waals surface area contributed by atoms with Crippen LogP contribution in [-0.4, -0.2) is 38.1 Å². The molecule has 144 valence electrons. The molecule has 1 aliphatic rings. The summed E-state index contributed by atoms with van der Waals surface area (Å²) in [5.74, 6) is 1.13. The molecule has 0 aromatic heterocycles. The van der Waals surface area contributed by atoms with Crippen molar-refractivity contribution in [2.45, 2.75) is 25.4 Å². The van der Waals surface area contributed by atoms with E-state index >= 15 is 0 Å². The van der Waals surface area contributed by atoms with Crippen molar-refractivity contribution in [3.8, 4) is 11.5 Å². The van der Waals surface area contributed by atoms with Gasteiger partial charge in [-0.3, -0.25) is 9.69 Å². The Morgan fingerprint density at radius 1 is 1.22 bits per heavy atom. The summed E-state index contributed by atoms with van der Waals surface area (Å²) in [6, 6.07) is 12.3. The second-order valence-electron chi connectivity index (χ2n) is 6.60. The number of likely N-dealkylation sites (tertiary alicyclic amines) is 1. The van der Waals surface area contributed by atoms with Gasteiger partial charge in [-0.25, -0.2) is 4.39 Å². The Labute approximate surface area is 159 Å². The Balaban J connectivity index is 1.66. The zero-order valence-corrected chi connectivity index (χ0v) is 15.7. The van der Waals surface area contributed by atoms with Crippen molar-refractivity contribution in [3.63, 3.8) is 0 Å². The maximum Gasteiger partial charge on any atom is 0.234 e. The standard InChI is InChI=1S/C21H25FN2O3/c1-26-16-9-10-20(27-2)17(12-16)19-8-5-11-24(19)14-21(25)23-13-15-6-3-4-7-18(15)22/h3-4,6-7,9-10,12,19H,5,8,11,13-14H2,1-2H3,(H,23,25)/t19-/m1/s1. The minimum atomic E-state index is -0.307. The predicted octanol–water partition coefficient (Wildman–Crippen LogP) is 3.30. The highest BCUT2D eigenvalue weighted by atomic mass is 19.1. The van der Waals surface area contributed by atoms with Gasteiger partial charge in [-0.2, -0.15) is 0 Å². The van der Waals surface area contributed by atoms with Crippen LogP contribution in [0.25, 0.3) is 0 Å². The van der Waals surface area contributed by atoms with Crippen molar-refractivity contribution < 1.29 is 18.7 Å². The van der Waals surface area contributed by atoms with Crippen LogP contribution in [0.15, 0.2) is 42.5 Å². The lowest BCUT2D eigenvalue weighted by Crippen LogP contribution is -2.36. The number of methoxy groups -OCH3 is 2. The summed E-state index contributed by atoms with van der Waals surface area (Å²) >= 11 is 0. The van der Waals surface area contributed by atoms with E-state index in [2.05, 4.69) is 10.2 Å². The van der Waals surface area contributed by atoms with Gasteiger partial charge < -0.3 is 14.8 Å². The third kappa shape index (κ3) is 4.57. The number of carbonyl (C=O) groups excluding carboxylic acids is 1. The monoisotopic (exact) mass is 372 g/mol. The Bertz CT molecular complexity index is 797. The SMILES string of the molecule is COc1ccc(OC)c([C@H]2CCCN2CC(=O)NCc2ccccc2F)c1. The molecule has 1 heterocycles. The van der Waals surface area contributed by atoms with Gasteiger partial charge in [0.15, 0.2) is 0 Å². The topological polar surface area (TPSA) is 50.8 Å². The Morgan fingerprint density at radius 2 is 2.04 bits per heavy atom. The molecule has 1 aliphatic heterocycles. The maximum absolute atomic E-state index is 13.7. The van der Waals surface area contributed by atoms with Crippen LogP contribution >= 0.6 is 0 Å². The van der Waals surface area contributed by atoms with E-state index in [1.807, 2.05) is 18.2 Å². The highest BCUT2D eigenvalue weighted by Gasteiger charge is 2.30. The van der Waals surface area contributed by atoms with Gasteiger partial charge in [0, 0.05) is 23.7 Å². The van der Waals surface area contributed by atoms with Gasteiger partial charge in [0.05, 0.1) is 20.8 Å². The minimum absolute atomic E-state index is 0.0919. The van der Waals surface area contributed by atoms with Gasteiger partial charge in [0.1, 0.15) is 17.3 Å². The predicted molar refractivity (Wildman–Crippen MR) is 101 cm³/mol. The minimum Gasteiger partial charge on any atom is -0.497 e. The van der Waals surface area contributed by atoms with Gasteiger partial charge in [-0.15, -0.1) is 0 Å². The molecule has 6 heteroatoms. The van der Waals surface area contributed by atoms with Gasteiger partial charge in [-0.05, 0) is 43.7 Å². The molecule has 27 heavy (non-hydrogen) atoms. The zero-order valence-electron chi connectivity index (χ0n) is 15.7. The molecule has 0 bridgehead atoms. The van der Waals surface area contributed by atoms with E-state index in [1.165, 1.54) is 6.07 Å². The number of hydrogen-bond acceptors (Lipinski definition) is 4. The Morgan fingerprint density at radius 3 is 2.78 bits per heavy atom. The normalized spacial score (nSPS) is 16.9. The molecule has 5 nitrogen and oxygen atoms in total. The number of amides is 1. The molecule has 1 N–H and O–H groups in total. The van der Waals surface area contributed by atoms with Crippen molar-refractivity contribution in [2.24, 2.45) is 0 Å². The van der Waals surface area contributed by atoms with Crippen LogP contribution in [0.2, 0.25) is 0 Å². The van der Waals surface area contributed by atoms with Gasteiger partial charge in [0.2, 0.25) is 5.91 Å². The third-order valence-corrected chi connectivity index (χ3v) is 4.94. The average molecular weight is 372 g/mol. The van der Waals surface area contributed by atoms with E-state index in [4.69, 9.17) is 9.47 Å². The van der Waals surface area contributed by atoms with Crippen molar-refractivity contribution in [1.82, 2.24) is 10.2 Å². The van der Waals surface area contributed by atoms with E-state index in [9.17, 15) is 9.18 Å². The second kappa shape index (κ2) is 8.86. The third-order valence-electron chi connectivity index (χ3n) is 4.94. The molecule has 0 saturated carbocycles. The first kappa shape index (κ1) is 19.2. The lowest BCUT2D eigenvalue weighted by molar-refractivity contribution is -0.122. The molecular formula is C21H25FN2O3.